The van der Waals surface area contributed by atoms with Crippen molar-refractivity contribution in [3.05, 3.63) is 66.2 Å². The maximum absolute atomic E-state index is 12.5. The zero-order valence-corrected chi connectivity index (χ0v) is 23.0. The van der Waals surface area contributed by atoms with Crippen molar-refractivity contribution in [2.45, 2.75) is 27.7 Å². The van der Waals surface area contributed by atoms with Gasteiger partial charge in [0.05, 0.1) is 5.41 Å². The van der Waals surface area contributed by atoms with Crippen molar-refractivity contribution in [2.75, 3.05) is 10.6 Å². The van der Waals surface area contributed by atoms with Gasteiger partial charge in [-0.25, -0.2) is 32.7 Å². The van der Waals surface area contributed by atoms with Crippen LogP contribution in [0.4, 0.5) is 21.0 Å². The van der Waals surface area contributed by atoms with Gasteiger partial charge in [-0.05, 0) is 79.5 Å². The fourth-order valence-electron chi connectivity index (χ4n) is 3.09. The lowest BCUT2D eigenvalue weighted by Crippen LogP contribution is -2.33. The molecule has 36 heavy (non-hydrogen) atoms. The number of carbonyl (C=O) groups is 2. The smallest absolute Gasteiger partial charge is 0.307 e. The summed E-state index contributed by atoms with van der Waals surface area (Å²) in [4.78, 5) is 33.0. The second-order valence-corrected chi connectivity index (χ2v) is 11.5. The molecule has 10 nitrogen and oxygen atoms in total. The highest BCUT2D eigenvalue weighted by Crippen LogP contribution is 2.34. The normalized spacial score (nSPS) is 11.7. The van der Waals surface area contributed by atoms with E-state index in [9.17, 15) is 18.0 Å². The van der Waals surface area contributed by atoms with Crippen LogP contribution >= 0.6 is 34.6 Å². The summed E-state index contributed by atoms with van der Waals surface area (Å²) in [5.74, 6) is 0. The number of benzene rings is 1. The number of anilines is 2. The van der Waals surface area contributed by atoms with Gasteiger partial charge in [-0.15, -0.1) is 22.7 Å². The molecule has 4 N–H and O–H groups in total. The molecule has 3 aromatic rings. The molecular formula is C22H24N6O4S4. The molecule has 0 bridgehead atoms. The van der Waals surface area contributed by atoms with Gasteiger partial charge in [-0.2, -0.15) is 0 Å². The first-order valence-electron chi connectivity index (χ1n) is 10.4. The Morgan fingerprint density at radius 3 is 1.83 bits per heavy atom. The number of thiazole rings is 2. The average Bonchev–Trinajstić information content (AvgIpc) is 3.54. The lowest BCUT2D eigenvalue weighted by atomic mass is 9.96. The van der Waals surface area contributed by atoms with E-state index in [1.54, 1.807) is 43.1 Å². The molecule has 0 unspecified atom stereocenters. The summed E-state index contributed by atoms with van der Waals surface area (Å²) in [7, 11) is -4.02. The number of aromatic nitrogens is 2. The van der Waals surface area contributed by atoms with Gasteiger partial charge in [0.1, 0.15) is 10.0 Å². The molecule has 0 fully saturated rings. The highest BCUT2D eigenvalue weighted by Gasteiger charge is 2.19. The quantitative estimate of drug-likeness (QED) is 0.269. The number of sulfonamides is 1. The van der Waals surface area contributed by atoms with Crippen LogP contribution in [-0.2, 0) is 10.0 Å². The molecule has 2 aromatic heterocycles. The molecule has 0 saturated heterocycles. The molecule has 14 heteroatoms. The second-order valence-electron chi connectivity index (χ2n) is 7.37. The monoisotopic (exact) mass is 564 g/mol. The SMILES string of the molecule is Cc1c(C)c(NC(=O)NS(=O)(=O)/C=C/c2nccs2)c(C)c(C)c1NC(=O)NS/C=C/c1nccs1. The van der Waals surface area contributed by atoms with Gasteiger partial charge in [0.25, 0.3) is 10.0 Å². The van der Waals surface area contributed by atoms with Gasteiger partial charge in [0.15, 0.2) is 0 Å². The number of nitrogens with zero attached hydrogens (tertiary/aromatic N) is 2. The number of carbonyl (C=O) groups excluding carboxylic acids is 2. The molecule has 2 heterocycles. The molecule has 1 aromatic carbocycles. The third-order valence-corrected chi connectivity index (χ3v) is 8.08. The molecule has 0 spiro atoms. The molecule has 190 valence electrons. The number of nitrogens with one attached hydrogen (secondary N) is 4. The van der Waals surface area contributed by atoms with Crippen LogP contribution in [0.2, 0.25) is 0 Å². The molecule has 0 aliphatic carbocycles. The Labute approximate surface area is 221 Å². The van der Waals surface area contributed by atoms with E-state index < -0.39 is 22.1 Å². The highest BCUT2D eigenvalue weighted by atomic mass is 32.2. The van der Waals surface area contributed by atoms with Crippen LogP contribution in [0.25, 0.3) is 12.2 Å². The summed E-state index contributed by atoms with van der Waals surface area (Å²) in [5, 5.41) is 13.0. The second kappa shape index (κ2) is 12.2. The molecule has 0 aliphatic rings. The first-order valence-corrected chi connectivity index (χ1v) is 14.6. The van der Waals surface area contributed by atoms with Crippen molar-refractivity contribution in [3.63, 3.8) is 0 Å². The van der Waals surface area contributed by atoms with E-state index >= 15 is 0 Å². The van der Waals surface area contributed by atoms with Crippen LogP contribution in [0.1, 0.15) is 32.3 Å². The Morgan fingerprint density at radius 1 is 0.833 bits per heavy atom. The summed E-state index contributed by atoms with van der Waals surface area (Å²) in [5.41, 5.74) is 3.92. The first-order chi connectivity index (χ1) is 17.1. The van der Waals surface area contributed by atoms with E-state index in [0.29, 0.717) is 27.5 Å². The summed E-state index contributed by atoms with van der Waals surface area (Å²) in [6.07, 6.45) is 6.36. The predicted molar refractivity (Wildman–Crippen MR) is 149 cm³/mol. The Balaban J connectivity index is 1.66. The molecular weight excluding hydrogens is 541 g/mol. The van der Waals surface area contributed by atoms with E-state index in [4.69, 9.17) is 0 Å². The molecule has 0 radical (unpaired) electrons. The van der Waals surface area contributed by atoms with Gasteiger partial charge >= 0.3 is 12.1 Å². The van der Waals surface area contributed by atoms with Gasteiger partial charge in [-0.3, -0.25) is 4.72 Å². The Kier molecular flexibility index (Phi) is 9.25. The summed E-state index contributed by atoms with van der Waals surface area (Å²) < 4.78 is 29.1. The minimum atomic E-state index is -4.02. The first kappa shape index (κ1) is 27.4. The highest BCUT2D eigenvalue weighted by molar-refractivity contribution is 8.00. The molecule has 3 rings (SSSR count). The Hall–Kier alpha value is -3.20. The van der Waals surface area contributed by atoms with Crippen LogP contribution in [0.5, 0.6) is 0 Å². The fraction of sp³-hybridized carbons (Fsp3) is 0.182. The van der Waals surface area contributed by atoms with Gasteiger partial charge < -0.3 is 10.6 Å². The maximum Gasteiger partial charge on any atom is 0.333 e. The fourth-order valence-corrected chi connectivity index (χ4v) is 5.43. The number of urea groups is 2. The minimum Gasteiger partial charge on any atom is -0.307 e. The number of amides is 4. The van der Waals surface area contributed by atoms with Crippen molar-refractivity contribution < 1.29 is 18.0 Å². The summed E-state index contributed by atoms with van der Waals surface area (Å²) >= 11 is 3.87. The van der Waals surface area contributed by atoms with Crippen LogP contribution in [0.15, 0.2) is 34.0 Å². The largest absolute Gasteiger partial charge is 0.333 e. The Bertz CT molecular complexity index is 1370. The van der Waals surface area contributed by atoms with E-state index in [0.717, 1.165) is 33.5 Å². The van der Waals surface area contributed by atoms with Crippen molar-refractivity contribution in [1.82, 2.24) is 19.4 Å². The van der Waals surface area contributed by atoms with Crippen molar-refractivity contribution in [3.8, 4) is 0 Å². The molecule has 4 amide bonds. The van der Waals surface area contributed by atoms with Gasteiger partial charge in [0, 0.05) is 34.5 Å². The zero-order valence-electron chi connectivity index (χ0n) is 19.8. The number of rotatable bonds is 8. The lowest BCUT2D eigenvalue weighted by molar-refractivity contribution is 0.256. The summed E-state index contributed by atoms with van der Waals surface area (Å²) in [6.45, 7) is 7.18. The Morgan fingerprint density at radius 2 is 1.33 bits per heavy atom. The number of hydrogen-bond donors (Lipinski definition) is 4. The zero-order chi connectivity index (χ0) is 26.3. The standard InChI is InChI=1S/C22H24N6O4S4/c1-13-15(3)20(26-22(30)28-36(31,32)12-6-18-24-8-11-34-18)16(4)14(2)19(13)25-21(29)27-35-9-5-17-23-7-10-33-17/h5-12H,1-4H3,(H2,25,27,29)(H2,26,28,30)/b9-5+,12-6+. The third-order valence-electron chi connectivity index (χ3n) is 5.06. The van der Waals surface area contributed by atoms with Crippen molar-refractivity contribution in [1.29, 1.82) is 0 Å². The van der Waals surface area contributed by atoms with Crippen molar-refractivity contribution >= 4 is 80.2 Å². The van der Waals surface area contributed by atoms with Gasteiger partial charge in [0.2, 0.25) is 0 Å². The molecule has 0 saturated carbocycles. The average molecular weight is 565 g/mol. The van der Waals surface area contributed by atoms with E-state index in [-0.39, 0.29) is 0 Å². The van der Waals surface area contributed by atoms with Crippen LogP contribution in [-0.4, -0.2) is 30.4 Å². The predicted octanol–water partition coefficient (Wildman–Crippen LogP) is 5.40. The van der Waals surface area contributed by atoms with E-state index in [1.807, 2.05) is 23.9 Å². The van der Waals surface area contributed by atoms with E-state index in [1.165, 1.54) is 28.7 Å². The molecule has 0 atom stereocenters. The van der Waals surface area contributed by atoms with Crippen LogP contribution in [0, 0.1) is 27.7 Å². The summed E-state index contributed by atoms with van der Waals surface area (Å²) in [6, 6.07) is -1.31. The topological polar surface area (TPSA) is 142 Å². The lowest BCUT2D eigenvalue weighted by Gasteiger charge is -2.21. The molecule has 0 aliphatic heterocycles. The van der Waals surface area contributed by atoms with Crippen LogP contribution in [0.3, 0.4) is 0 Å². The van der Waals surface area contributed by atoms with Gasteiger partial charge in [-0.1, -0.05) is 0 Å². The van der Waals surface area contributed by atoms with E-state index in [2.05, 4.69) is 25.3 Å². The minimum absolute atomic E-state index is 0.412. The maximum atomic E-state index is 12.5. The van der Waals surface area contributed by atoms with Crippen molar-refractivity contribution in [2.24, 2.45) is 0 Å². The van der Waals surface area contributed by atoms with Crippen LogP contribution < -0.4 is 20.1 Å². The number of hydrogen-bond acceptors (Lipinski definition) is 9. The third kappa shape index (κ3) is 7.40.